The molecule has 3 rings (SSSR count). The van der Waals surface area contributed by atoms with Crippen molar-refractivity contribution >= 4 is 0 Å². The zero-order chi connectivity index (χ0) is 16.4. The van der Waals surface area contributed by atoms with E-state index >= 15 is 0 Å². The monoisotopic (exact) mass is 312 g/mol. The molecule has 1 aliphatic rings. The zero-order valence-corrected chi connectivity index (χ0v) is 14.4. The number of aryl methyl sites for hydroxylation is 1. The molecular weight excluding hydrogens is 284 g/mol. The van der Waals surface area contributed by atoms with Gasteiger partial charge in [0.05, 0.1) is 5.69 Å². The van der Waals surface area contributed by atoms with Gasteiger partial charge in [0.15, 0.2) is 0 Å². The molecule has 1 aromatic carbocycles. The summed E-state index contributed by atoms with van der Waals surface area (Å²) in [6.07, 6.45) is 2.20. The van der Waals surface area contributed by atoms with Crippen LogP contribution in [0.3, 0.4) is 0 Å². The maximum atomic E-state index is 6.05. The van der Waals surface area contributed by atoms with Gasteiger partial charge < -0.3 is 5.73 Å². The highest BCUT2D eigenvalue weighted by molar-refractivity contribution is 5.23. The Morgan fingerprint density at radius 1 is 1.22 bits per heavy atom. The first-order chi connectivity index (χ1) is 11.1. The topological polar surface area (TPSA) is 47.1 Å². The van der Waals surface area contributed by atoms with E-state index in [-0.39, 0.29) is 0 Å². The highest BCUT2D eigenvalue weighted by Crippen LogP contribution is 2.33. The summed E-state index contributed by atoms with van der Waals surface area (Å²) >= 11 is 0. The van der Waals surface area contributed by atoms with Gasteiger partial charge in [0.2, 0.25) is 0 Å². The molecule has 2 atom stereocenters. The molecule has 0 bridgehead atoms. The standard InChI is InChI=1S/C19H28N4/c1-14(2)23-12-18(15(3)21-23)11-22-10-17(9-20)19(13-22)16-7-5-4-6-8-16/h4-8,12,14,17,19H,9-11,13,20H2,1-3H3/t17-,19+/m1/s1. The molecule has 1 saturated heterocycles. The lowest BCUT2D eigenvalue weighted by Gasteiger charge is -2.16. The molecular formula is C19H28N4. The zero-order valence-electron chi connectivity index (χ0n) is 14.4. The maximum absolute atomic E-state index is 6.05. The molecule has 2 heterocycles. The molecule has 124 valence electrons. The second kappa shape index (κ2) is 6.85. The van der Waals surface area contributed by atoms with Gasteiger partial charge in [-0.15, -0.1) is 0 Å². The number of rotatable bonds is 5. The molecule has 0 unspecified atom stereocenters. The smallest absolute Gasteiger partial charge is 0.0638 e. The number of hydrogen-bond acceptors (Lipinski definition) is 3. The molecule has 0 spiro atoms. The average Bonchev–Trinajstić information content (AvgIpc) is 3.13. The Hall–Kier alpha value is -1.65. The lowest BCUT2D eigenvalue weighted by Crippen LogP contribution is -2.23. The van der Waals surface area contributed by atoms with E-state index in [9.17, 15) is 0 Å². The Balaban J connectivity index is 1.73. The third-order valence-corrected chi connectivity index (χ3v) is 4.99. The fourth-order valence-corrected chi connectivity index (χ4v) is 3.59. The number of nitrogens with zero attached hydrogens (tertiary/aromatic N) is 3. The second-order valence-corrected chi connectivity index (χ2v) is 7.02. The van der Waals surface area contributed by atoms with Crippen LogP contribution >= 0.6 is 0 Å². The molecule has 0 radical (unpaired) electrons. The van der Waals surface area contributed by atoms with Crippen molar-refractivity contribution in [2.75, 3.05) is 19.6 Å². The Kier molecular flexibility index (Phi) is 4.83. The number of hydrogen-bond donors (Lipinski definition) is 1. The van der Waals surface area contributed by atoms with E-state index in [0.717, 1.165) is 31.9 Å². The van der Waals surface area contributed by atoms with Gasteiger partial charge in [-0.2, -0.15) is 5.10 Å². The molecule has 1 aromatic heterocycles. The Morgan fingerprint density at radius 3 is 2.57 bits per heavy atom. The first-order valence-electron chi connectivity index (χ1n) is 8.60. The van der Waals surface area contributed by atoms with Crippen molar-refractivity contribution < 1.29 is 0 Å². The van der Waals surface area contributed by atoms with Gasteiger partial charge in [-0.25, -0.2) is 0 Å². The van der Waals surface area contributed by atoms with Gasteiger partial charge in [-0.3, -0.25) is 9.58 Å². The van der Waals surface area contributed by atoms with Gasteiger partial charge in [0, 0.05) is 43.4 Å². The van der Waals surface area contributed by atoms with Crippen LogP contribution in [0.15, 0.2) is 36.5 Å². The summed E-state index contributed by atoms with van der Waals surface area (Å²) in [5.74, 6) is 1.08. The summed E-state index contributed by atoms with van der Waals surface area (Å²) < 4.78 is 2.07. The first kappa shape index (κ1) is 16.2. The minimum Gasteiger partial charge on any atom is -0.330 e. The van der Waals surface area contributed by atoms with E-state index in [4.69, 9.17) is 5.73 Å². The summed E-state index contributed by atoms with van der Waals surface area (Å²) in [5, 5.41) is 4.63. The van der Waals surface area contributed by atoms with Crippen molar-refractivity contribution in [1.29, 1.82) is 0 Å². The van der Waals surface area contributed by atoms with Crippen LogP contribution in [0.2, 0.25) is 0 Å². The van der Waals surface area contributed by atoms with Crippen LogP contribution in [0, 0.1) is 12.8 Å². The van der Waals surface area contributed by atoms with E-state index in [1.807, 2.05) is 0 Å². The molecule has 2 N–H and O–H groups in total. The van der Waals surface area contributed by atoms with Crippen molar-refractivity contribution in [3.05, 3.63) is 53.3 Å². The van der Waals surface area contributed by atoms with Crippen molar-refractivity contribution in [1.82, 2.24) is 14.7 Å². The molecule has 0 amide bonds. The molecule has 4 heteroatoms. The molecule has 1 fully saturated rings. The lowest BCUT2D eigenvalue weighted by molar-refractivity contribution is 0.316. The van der Waals surface area contributed by atoms with E-state index in [1.54, 1.807) is 0 Å². The van der Waals surface area contributed by atoms with Gasteiger partial charge >= 0.3 is 0 Å². The van der Waals surface area contributed by atoms with Gasteiger partial charge in [-0.05, 0) is 38.8 Å². The Labute approximate surface area is 139 Å². The lowest BCUT2D eigenvalue weighted by atomic mass is 9.89. The highest BCUT2D eigenvalue weighted by Gasteiger charge is 2.33. The van der Waals surface area contributed by atoms with Crippen LogP contribution in [0.1, 0.15) is 42.6 Å². The van der Waals surface area contributed by atoms with Crippen molar-refractivity contribution in [3.8, 4) is 0 Å². The minimum atomic E-state index is 0.412. The largest absolute Gasteiger partial charge is 0.330 e. The fourth-order valence-electron chi connectivity index (χ4n) is 3.59. The summed E-state index contributed by atoms with van der Waals surface area (Å²) in [6.45, 7) is 10.3. The highest BCUT2D eigenvalue weighted by atomic mass is 15.3. The maximum Gasteiger partial charge on any atom is 0.0638 e. The summed E-state index contributed by atoms with van der Waals surface area (Å²) in [7, 11) is 0. The van der Waals surface area contributed by atoms with Crippen LogP contribution in [0.25, 0.3) is 0 Å². The number of benzene rings is 1. The third kappa shape index (κ3) is 3.48. The predicted octanol–water partition coefficient (Wildman–Crippen LogP) is 2.95. The van der Waals surface area contributed by atoms with Gasteiger partial charge in [-0.1, -0.05) is 30.3 Å². The predicted molar refractivity (Wildman–Crippen MR) is 94.4 cm³/mol. The third-order valence-electron chi connectivity index (χ3n) is 4.99. The van der Waals surface area contributed by atoms with E-state index in [0.29, 0.717) is 17.9 Å². The Morgan fingerprint density at radius 2 is 1.96 bits per heavy atom. The first-order valence-corrected chi connectivity index (χ1v) is 8.60. The number of likely N-dealkylation sites (tertiary alicyclic amines) is 1. The number of nitrogens with two attached hydrogens (primary N) is 1. The summed E-state index contributed by atoms with van der Waals surface area (Å²) in [4.78, 5) is 2.53. The van der Waals surface area contributed by atoms with Gasteiger partial charge in [0.25, 0.3) is 0 Å². The Bertz CT molecular complexity index is 632. The average molecular weight is 312 g/mol. The van der Waals surface area contributed by atoms with Crippen LogP contribution in [-0.2, 0) is 6.54 Å². The van der Waals surface area contributed by atoms with Crippen molar-refractivity contribution in [3.63, 3.8) is 0 Å². The molecule has 2 aromatic rings. The quantitative estimate of drug-likeness (QED) is 0.923. The van der Waals surface area contributed by atoms with Crippen molar-refractivity contribution in [2.24, 2.45) is 11.7 Å². The van der Waals surface area contributed by atoms with Crippen molar-refractivity contribution in [2.45, 2.75) is 39.3 Å². The van der Waals surface area contributed by atoms with E-state index in [2.05, 4.69) is 72.0 Å². The van der Waals surface area contributed by atoms with Crippen LogP contribution in [-0.4, -0.2) is 34.3 Å². The van der Waals surface area contributed by atoms with Crippen LogP contribution in [0.4, 0.5) is 0 Å². The summed E-state index contributed by atoms with van der Waals surface area (Å²) in [6, 6.07) is 11.2. The molecule has 23 heavy (non-hydrogen) atoms. The summed E-state index contributed by atoms with van der Waals surface area (Å²) in [5.41, 5.74) is 9.95. The van der Waals surface area contributed by atoms with Crippen LogP contribution in [0.5, 0.6) is 0 Å². The van der Waals surface area contributed by atoms with Gasteiger partial charge in [0.1, 0.15) is 0 Å². The SMILES string of the molecule is Cc1nn(C(C)C)cc1CN1C[C@@H](CN)[C@H](c2ccccc2)C1. The van der Waals surface area contributed by atoms with Crippen LogP contribution < -0.4 is 5.73 Å². The second-order valence-electron chi connectivity index (χ2n) is 7.02. The molecule has 1 aliphatic heterocycles. The van der Waals surface area contributed by atoms with E-state index in [1.165, 1.54) is 11.1 Å². The molecule has 4 nitrogen and oxygen atoms in total. The molecule has 0 aliphatic carbocycles. The van der Waals surface area contributed by atoms with E-state index < -0.39 is 0 Å². The normalized spacial score (nSPS) is 22.1. The molecule has 0 saturated carbocycles. The fraction of sp³-hybridized carbons (Fsp3) is 0.526. The minimum absolute atomic E-state index is 0.412. The number of aromatic nitrogens is 2.